The van der Waals surface area contributed by atoms with Crippen molar-refractivity contribution in [3.8, 4) is 17.0 Å². The van der Waals surface area contributed by atoms with Crippen molar-refractivity contribution in [3.63, 3.8) is 0 Å². The second-order valence-corrected chi connectivity index (χ2v) is 13.4. The molecule has 0 amide bonds. The summed E-state index contributed by atoms with van der Waals surface area (Å²) in [5.41, 5.74) is -0.0593. The Morgan fingerprint density at radius 2 is 1.80 bits per heavy atom. The second-order valence-electron chi connectivity index (χ2n) is 11.3. The van der Waals surface area contributed by atoms with E-state index >= 15 is 8.78 Å². The number of anilines is 2. The molecule has 1 saturated heterocycles. The van der Waals surface area contributed by atoms with Gasteiger partial charge < -0.3 is 14.8 Å². The van der Waals surface area contributed by atoms with Gasteiger partial charge in [0.2, 0.25) is 11.8 Å². The Morgan fingerprint density at radius 1 is 1.00 bits per heavy atom. The van der Waals surface area contributed by atoms with E-state index in [1.54, 1.807) is 25.4 Å². The largest absolute Gasteiger partial charge is 0.480 e. The lowest BCUT2D eigenvalue weighted by atomic mass is 9.90. The summed E-state index contributed by atoms with van der Waals surface area (Å²) < 4.78 is 69.6. The van der Waals surface area contributed by atoms with Crippen LogP contribution < -0.4 is 14.8 Å². The van der Waals surface area contributed by atoms with E-state index in [0.717, 1.165) is 63.4 Å². The average Bonchev–Trinajstić information content (AvgIpc) is 3.52. The number of pyridine rings is 1. The first kappa shape index (κ1) is 31.3. The molecule has 2 aromatic carbocycles. The fraction of sp³-hybridized carbons (Fsp3) is 0.387. The number of benzene rings is 2. The topological polar surface area (TPSA) is 119 Å². The Balaban J connectivity index is 1.17. The lowest BCUT2D eigenvalue weighted by molar-refractivity contribution is 0.0947. The quantitative estimate of drug-likeness (QED) is 0.227. The molecule has 10 nitrogen and oxygen atoms in total. The Labute approximate surface area is 265 Å². The van der Waals surface area contributed by atoms with Crippen LogP contribution in [0.15, 0.2) is 53.7 Å². The zero-order chi connectivity index (χ0) is 31.7. The molecule has 0 unspecified atom stereocenters. The third kappa shape index (κ3) is 6.67. The summed E-state index contributed by atoms with van der Waals surface area (Å²) in [7, 11) is -1.37. The fourth-order valence-corrected chi connectivity index (χ4v) is 7.58. The molecule has 0 spiro atoms. The zero-order valence-electron chi connectivity index (χ0n) is 24.8. The van der Waals surface area contributed by atoms with Gasteiger partial charge in [0.25, 0.3) is 10.0 Å². The Kier molecular flexibility index (Phi) is 9.05. The van der Waals surface area contributed by atoms with Crippen molar-refractivity contribution in [2.75, 3.05) is 37.3 Å². The van der Waals surface area contributed by atoms with Gasteiger partial charge in [0.05, 0.1) is 35.0 Å². The van der Waals surface area contributed by atoms with Gasteiger partial charge in [0.15, 0.2) is 10.7 Å². The monoisotopic (exact) mass is 658 g/mol. The molecule has 2 aromatic heterocycles. The smallest absolute Gasteiger partial charge is 0.267 e. The number of methoxy groups -OCH3 is 2. The number of likely N-dealkylation sites (tertiary alicyclic amines) is 1. The molecule has 0 radical (unpaired) electrons. The normalized spacial score (nSPS) is 20.8. The number of nitrogens with zero attached hydrogens (tertiary/aromatic N) is 4. The summed E-state index contributed by atoms with van der Waals surface area (Å²) in [6, 6.07) is 8.72. The molecule has 3 heterocycles. The van der Waals surface area contributed by atoms with Crippen LogP contribution in [-0.2, 0) is 14.8 Å². The predicted octanol–water partition coefficient (Wildman–Crippen LogP) is 5.88. The maximum absolute atomic E-state index is 15.7. The molecule has 2 N–H and O–H groups in total. The molecule has 1 aliphatic heterocycles. The summed E-state index contributed by atoms with van der Waals surface area (Å²) in [6.45, 7) is 2.08. The Bertz CT molecular complexity index is 1820. The first-order valence-corrected chi connectivity index (χ1v) is 16.5. The van der Waals surface area contributed by atoms with Crippen LogP contribution in [0.3, 0.4) is 0 Å². The number of hydrogen-bond acceptors (Lipinski definition) is 9. The average molecular weight is 659 g/mol. The Hall–Kier alpha value is -3.65. The van der Waals surface area contributed by atoms with E-state index < -0.39 is 37.8 Å². The van der Waals surface area contributed by atoms with E-state index in [-0.39, 0.29) is 22.5 Å². The molecule has 238 valence electrons. The van der Waals surface area contributed by atoms with Crippen LogP contribution in [0.1, 0.15) is 32.1 Å². The molecule has 1 atom stereocenters. The summed E-state index contributed by atoms with van der Waals surface area (Å²) in [5, 5.41) is 4.06. The van der Waals surface area contributed by atoms with Crippen LogP contribution >= 0.6 is 11.6 Å². The van der Waals surface area contributed by atoms with Crippen LogP contribution in [-0.4, -0.2) is 73.8 Å². The van der Waals surface area contributed by atoms with Gasteiger partial charge >= 0.3 is 0 Å². The number of sulfonamides is 1. The fourth-order valence-electron chi connectivity index (χ4n) is 6.15. The molecule has 1 aliphatic carbocycles. The van der Waals surface area contributed by atoms with Gasteiger partial charge in [-0.1, -0.05) is 17.7 Å². The molecule has 2 fully saturated rings. The third-order valence-corrected chi connectivity index (χ3v) is 10.1. The molecule has 14 heteroatoms. The van der Waals surface area contributed by atoms with Gasteiger partial charge in [0, 0.05) is 50.1 Å². The number of nitrogens with one attached hydrogen (secondary N) is 2. The van der Waals surface area contributed by atoms with E-state index in [0.29, 0.717) is 29.0 Å². The Morgan fingerprint density at radius 3 is 2.53 bits per heavy atom. The SMILES string of the molecule is COc1ncc(Cl)cc1S(=O)(=O)Nc1ccc(F)c(-c2ccc3nc(NC4CCC(N5CC[C@@H](OC)C5)CC4)ncc3c2)c1F. The van der Waals surface area contributed by atoms with Gasteiger partial charge in [-0.3, -0.25) is 9.62 Å². The summed E-state index contributed by atoms with van der Waals surface area (Å²) >= 11 is 5.93. The predicted molar refractivity (Wildman–Crippen MR) is 168 cm³/mol. The lowest BCUT2D eigenvalue weighted by Gasteiger charge is -2.34. The van der Waals surface area contributed by atoms with Crippen molar-refractivity contribution < 1.29 is 26.7 Å². The molecule has 4 aromatic rings. The first-order chi connectivity index (χ1) is 21.6. The third-order valence-electron chi connectivity index (χ3n) is 8.53. The van der Waals surface area contributed by atoms with Crippen LogP contribution in [0.4, 0.5) is 20.4 Å². The van der Waals surface area contributed by atoms with Gasteiger partial charge in [-0.25, -0.2) is 32.2 Å². The molecule has 0 bridgehead atoms. The summed E-state index contributed by atoms with van der Waals surface area (Å²) in [4.78, 5) is 15.1. The van der Waals surface area contributed by atoms with Crippen molar-refractivity contribution in [2.45, 2.75) is 55.2 Å². The summed E-state index contributed by atoms with van der Waals surface area (Å²) in [6.07, 6.45) is 8.46. The standard InChI is InChI=1S/C31H33ClF2N6O4S/c1-43-23-11-12-40(17-23)22-6-4-21(5-7-22)37-31-36-15-19-13-18(3-9-25(19)38-31)28-24(33)8-10-26(29(28)34)39-45(41,42)27-14-20(32)16-35-30(27)44-2/h3,8-10,13-16,21-23,39H,4-7,11-12,17H2,1-2H3,(H,36,37,38)/t21?,22?,23-/m1/s1. The molecule has 45 heavy (non-hydrogen) atoms. The highest BCUT2D eigenvalue weighted by molar-refractivity contribution is 7.92. The van der Waals surface area contributed by atoms with Crippen molar-refractivity contribution >= 4 is 44.2 Å². The van der Waals surface area contributed by atoms with Crippen molar-refractivity contribution in [1.82, 2.24) is 19.9 Å². The van der Waals surface area contributed by atoms with Crippen LogP contribution in [0.25, 0.3) is 22.0 Å². The summed E-state index contributed by atoms with van der Waals surface area (Å²) in [5.74, 6) is -1.68. The number of hydrogen-bond donors (Lipinski definition) is 2. The van der Waals surface area contributed by atoms with Gasteiger partial charge in [-0.2, -0.15) is 0 Å². The molecule has 1 saturated carbocycles. The highest BCUT2D eigenvalue weighted by Crippen LogP contribution is 2.35. The van der Waals surface area contributed by atoms with E-state index in [1.807, 2.05) is 0 Å². The number of aromatic nitrogens is 3. The minimum absolute atomic E-state index is 0.0408. The van der Waals surface area contributed by atoms with Crippen molar-refractivity contribution in [1.29, 1.82) is 0 Å². The van der Waals surface area contributed by atoms with Gasteiger partial charge in [0.1, 0.15) is 5.82 Å². The zero-order valence-corrected chi connectivity index (χ0v) is 26.3. The van der Waals surface area contributed by atoms with Crippen LogP contribution in [0.2, 0.25) is 5.02 Å². The van der Waals surface area contributed by atoms with Crippen LogP contribution in [0, 0.1) is 11.6 Å². The van der Waals surface area contributed by atoms with E-state index in [4.69, 9.17) is 21.1 Å². The van der Waals surface area contributed by atoms with Gasteiger partial charge in [-0.15, -0.1) is 0 Å². The maximum Gasteiger partial charge on any atom is 0.267 e. The van der Waals surface area contributed by atoms with E-state index in [2.05, 4.69) is 29.9 Å². The highest BCUT2D eigenvalue weighted by Gasteiger charge is 2.31. The minimum atomic E-state index is -4.39. The maximum atomic E-state index is 15.7. The lowest BCUT2D eigenvalue weighted by Crippen LogP contribution is -2.40. The van der Waals surface area contributed by atoms with Crippen molar-refractivity contribution in [2.24, 2.45) is 0 Å². The van der Waals surface area contributed by atoms with E-state index in [1.165, 1.54) is 19.4 Å². The number of halogens is 3. The molecular weight excluding hydrogens is 626 g/mol. The van der Waals surface area contributed by atoms with Crippen LogP contribution in [0.5, 0.6) is 5.88 Å². The molecular formula is C31H33ClF2N6O4S. The van der Waals surface area contributed by atoms with Gasteiger partial charge in [-0.05, 0) is 68.0 Å². The molecule has 2 aliphatic rings. The number of fused-ring (bicyclic) bond motifs is 1. The van der Waals surface area contributed by atoms with Crippen molar-refractivity contribution in [3.05, 3.63) is 65.4 Å². The highest BCUT2D eigenvalue weighted by atomic mass is 35.5. The molecule has 6 rings (SSSR count). The minimum Gasteiger partial charge on any atom is -0.480 e. The first-order valence-electron chi connectivity index (χ1n) is 14.7. The number of rotatable bonds is 9. The second kappa shape index (κ2) is 13.0. The number of ether oxygens (including phenoxy) is 2. The van der Waals surface area contributed by atoms with E-state index in [9.17, 15) is 8.42 Å².